The maximum atomic E-state index is 9.06. The minimum Gasteiger partial charge on any atom is -0.395 e. The van der Waals surface area contributed by atoms with Crippen molar-refractivity contribution in [2.24, 2.45) is 5.92 Å². The highest BCUT2D eigenvalue weighted by atomic mass is 16.3. The molecular formula is C20H28N4O. The number of likely N-dealkylation sites (tertiary alicyclic amines) is 1. The zero-order valence-electron chi connectivity index (χ0n) is 15.2. The molecule has 2 aromatic rings. The van der Waals surface area contributed by atoms with Crippen molar-refractivity contribution in [3.63, 3.8) is 0 Å². The molecule has 0 aliphatic carbocycles. The summed E-state index contributed by atoms with van der Waals surface area (Å²) in [5.74, 6) is 2.46. The third-order valence-corrected chi connectivity index (χ3v) is 4.92. The molecule has 134 valence electrons. The number of benzene rings is 1. The molecule has 1 saturated heterocycles. The molecule has 1 fully saturated rings. The molecule has 25 heavy (non-hydrogen) atoms. The van der Waals surface area contributed by atoms with Crippen LogP contribution in [-0.2, 0) is 0 Å². The molecule has 1 N–H and O–H groups in total. The molecule has 5 heteroatoms. The fourth-order valence-electron chi connectivity index (χ4n) is 3.48. The van der Waals surface area contributed by atoms with Gasteiger partial charge in [0.15, 0.2) is 5.82 Å². The summed E-state index contributed by atoms with van der Waals surface area (Å²) in [4.78, 5) is 14.0. The lowest BCUT2D eigenvalue weighted by atomic mass is 9.96. The molecule has 0 atom stereocenters. The first kappa shape index (κ1) is 17.8. The van der Waals surface area contributed by atoms with Gasteiger partial charge in [0, 0.05) is 37.5 Å². The summed E-state index contributed by atoms with van der Waals surface area (Å²) >= 11 is 0. The first-order valence-corrected chi connectivity index (χ1v) is 9.11. The molecule has 0 bridgehead atoms. The van der Waals surface area contributed by atoms with E-state index in [2.05, 4.69) is 40.0 Å². The van der Waals surface area contributed by atoms with Crippen molar-refractivity contribution >= 4 is 5.82 Å². The van der Waals surface area contributed by atoms with Crippen molar-refractivity contribution in [3.05, 3.63) is 42.1 Å². The van der Waals surface area contributed by atoms with Gasteiger partial charge in [0.1, 0.15) is 5.82 Å². The Morgan fingerprint density at radius 2 is 1.88 bits per heavy atom. The Bertz CT molecular complexity index is 669. The zero-order valence-corrected chi connectivity index (χ0v) is 15.2. The number of rotatable bonds is 6. The number of aliphatic hydroxyl groups excluding tert-OH is 1. The van der Waals surface area contributed by atoms with Crippen LogP contribution < -0.4 is 4.90 Å². The minimum atomic E-state index is 0.257. The normalized spacial score (nSPS) is 16.1. The lowest BCUT2D eigenvalue weighted by Crippen LogP contribution is -2.39. The molecule has 1 aliphatic heterocycles. The Labute approximate surface area is 150 Å². The molecule has 1 aromatic heterocycles. The van der Waals surface area contributed by atoms with E-state index >= 15 is 0 Å². The molecule has 0 radical (unpaired) electrons. The van der Waals surface area contributed by atoms with Gasteiger partial charge >= 0.3 is 0 Å². The van der Waals surface area contributed by atoms with Gasteiger partial charge in [-0.1, -0.05) is 30.3 Å². The number of piperidine rings is 1. The molecule has 0 unspecified atom stereocenters. The SMILES string of the molecule is Cc1cc(N(C)CC2CCN(CCO)CC2)nc(-c2ccccc2)n1. The molecule has 0 amide bonds. The Morgan fingerprint density at radius 1 is 1.16 bits per heavy atom. The third kappa shape index (κ3) is 4.77. The number of hydrogen-bond donors (Lipinski definition) is 1. The van der Waals surface area contributed by atoms with E-state index in [0.29, 0.717) is 5.92 Å². The lowest BCUT2D eigenvalue weighted by Gasteiger charge is -2.33. The monoisotopic (exact) mass is 340 g/mol. The molecule has 0 spiro atoms. The van der Waals surface area contributed by atoms with Gasteiger partial charge in [-0.15, -0.1) is 0 Å². The first-order chi connectivity index (χ1) is 12.2. The van der Waals surface area contributed by atoms with E-state index in [1.807, 2.05) is 25.1 Å². The molecule has 1 aliphatic rings. The van der Waals surface area contributed by atoms with Crippen LogP contribution in [-0.4, -0.2) is 59.8 Å². The quantitative estimate of drug-likeness (QED) is 0.876. The fourth-order valence-corrected chi connectivity index (χ4v) is 3.48. The second-order valence-corrected chi connectivity index (χ2v) is 6.95. The topological polar surface area (TPSA) is 52.5 Å². The van der Waals surface area contributed by atoms with E-state index < -0.39 is 0 Å². The van der Waals surface area contributed by atoms with Crippen LogP contribution in [0.15, 0.2) is 36.4 Å². The van der Waals surface area contributed by atoms with Gasteiger partial charge in [0.25, 0.3) is 0 Å². The van der Waals surface area contributed by atoms with Crippen LogP contribution in [0.1, 0.15) is 18.5 Å². The largest absolute Gasteiger partial charge is 0.395 e. The van der Waals surface area contributed by atoms with Crippen LogP contribution in [0.5, 0.6) is 0 Å². The molecule has 5 nitrogen and oxygen atoms in total. The van der Waals surface area contributed by atoms with E-state index in [1.165, 1.54) is 12.8 Å². The van der Waals surface area contributed by atoms with Gasteiger partial charge in [-0.25, -0.2) is 9.97 Å². The zero-order chi connectivity index (χ0) is 17.6. The highest BCUT2D eigenvalue weighted by molar-refractivity contribution is 5.57. The number of β-amino-alcohol motifs (C(OH)–C–C–N with tert-alkyl or cyclic N) is 1. The summed E-state index contributed by atoms with van der Waals surface area (Å²) in [5, 5.41) is 9.06. The standard InChI is InChI=1S/C20H28N4O/c1-16-14-19(22-20(21-16)18-6-4-3-5-7-18)23(2)15-17-8-10-24(11-9-17)12-13-25/h3-7,14,17,25H,8-13,15H2,1-2H3. The van der Waals surface area contributed by atoms with Gasteiger partial charge in [0.05, 0.1) is 6.61 Å². The van der Waals surface area contributed by atoms with Crippen LogP contribution in [0, 0.1) is 12.8 Å². The summed E-state index contributed by atoms with van der Waals surface area (Å²) in [6, 6.07) is 12.2. The number of hydrogen-bond acceptors (Lipinski definition) is 5. The van der Waals surface area contributed by atoms with Crippen molar-refractivity contribution < 1.29 is 5.11 Å². The van der Waals surface area contributed by atoms with E-state index in [0.717, 1.165) is 49.1 Å². The molecule has 2 heterocycles. The Hall–Kier alpha value is -1.98. The fraction of sp³-hybridized carbons (Fsp3) is 0.500. The van der Waals surface area contributed by atoms with Gasteiger partial charge in [-0.2, -0.15) is 0 Å². The second kappa shape index (κ2) is 8.41. The van der Waals surface area contributed by atoms with Crippen LogP contribution in [0.3, 0.4) is 0 Å². The Kier molecular flexibility index (Phi) is 6.00. The molecule has 1 aromatic carbocycles. The molecular weight excluding hydrogens is 312 g/mol. The smallest absolute Gasteiger partial charge is 0.161 e. The predicted octanol–water partition coefficient (Wildman–Crippen LogP) is 2.59. The summed E-state index contributed by atoms with van der Waals surface area (Å²) in [5.41, 5.74) is 2.05. The lowest BCUT2D eigenvalue weighted by molar-refractivity contribution is 0.149. The van der Waals surface area contributed by atoms with Gasteiger partial charge < -0.3 is 14.9 Å². The number of nitrogens with zero attached hydrogens (tertiary/aromatic N) is 4. The van der Waals surface area contributed by atoms with E-state index in [4.69, 9.17) is 10.1 Å². The number of aromatic nitrogens is 2. The van der Waals surface area contributed by atoms with Crippen LogP contribution in [0.2, 0.25) is 0 Å². The van der Waals surface area contributed by atoms with Crippen LogP contribution in [0.4, 0.5) is 5.82 Å². The van der Waals surface area contributed by atoms with E-state index in [-0.39, 0.29) is 6.61 Å². The maximum absolute atomic E-state index is 9.06. The van der Waals surface area contributed by atoms with Crippen LogP contribution in [0.25, 0.3) is 11.4 Å². The van der Waals surface area contributed by atoms with E-state index in [9.17, 15) is 0 Å². The van der Waals surface area contributed by atoms with Crippen molar-refractivity contribution in [1.82, 2.24) is 14.9 Å². The van der Waals surface area contributed by atoms with Crippen molar-refractivity contribution in [1.29, 1.82) is 0 Å². The van der Waals surface area contributed by atoms with Crippen molar-refractivity contribution in [3.8, 4) is 11.4 Å². The van der Waals surface area contributed by atoms with Crippen LogP contribution >= 0.6 is 0 Å². The Morgan fingerprint density at radius 3 is 2.56 bits per heavy atom. The Balaban J connectivity index is 1.66. The molecule has 3 rings (SSSR count). The van der Waals surface area contributed by atoms with Gasteiger partial charge in [-0.05, 0) is 38.8 Å². The van der Waals surface area contributed by atoms with E-state index in [1.54, 1.807) is 0 Å². The average Bonchev–Trinajstić information content (AvgIpc) is 2.64. The van der Waals surface area contributed by atoms with Gasteiger partial charge in [-0.3, -0.25) is 0 Å². The van der Waals surface area contributed by atoms with Crippen molar-refractivity contribution in [2.45, 2.75) is 19.8 Å². The van der Waals surface area contributed by atoms with Gasteiger partial charge in [0.2, 0.25) is 0 Å². The second-order valence-electron chi connectivity index (χ2n) is 6.95. The molecule has 0 saturated carbocycles. The number of anilines is 1. The average molecular weight is 340 g/mol. The highest BCUT2D eigenvalue weighted by Gasteiger charge is 2.21. The summed E-state index contributed by atoms with van der Waals surface area (Å²) in [6.07, 6.45) is 2.36. The third-order valence-electron chi connectivity index (χ3n) is 4.92. The number of aliphatic hydroxyl groups is 1. The summed E-state index contributed by atoms with van der Waals surface area (Å²) < 4.78 is 0. The highest BCUT2D eigenvalue weighted by Crippen LogP contribution is 2.23. The number of aryl methyl sites for hydroxylation is 1. The minimum absolute atomic E-state index is 0.257. The maximum Gasteiger partial charge on any atom is 0.161 e. The first-order valence-electron chi connectivity index (χ1n) is 9.11. The summed E-state index contributed by atoms with van der Waals surface area (Å²) in [6.45, 7) is 6.26. The predicted molar refractivity (Wildman–Crippen MR) is 102 cm³/mol. The summed E-state index contributed by atoms with van der Waals surface area (Å²) in [7, 11) is 2.12. The van der Waals surface area contributed by atoms with Crippen molar-refractivity contribution in [2.75, 3.05) is 44.7 Å².